The summed E-state index contributed by atoms with van der Waals surface area (Å²) in [5.41, 5.74) is 1.62. The minimum absolute atomic E-state index is 0. The standard InChI is InChI=1S/C15H18N2O2.Na.H/c1-3-9-19-15(18)14-10-16-11-17(14)12(2)13-7-5-4-6-8-13;;/h4-8,10-12H,3,9H2,1-2H3;;. The molecule has 0 N–H and O–H groups in total. The van der Waals surface area contributed by atoms with Crippen molar-refractivity contribution in [1.82, 2.24) is 9.55 Å². The van der Waals surface area contributed by atoms with E-state index in [0.717, 1.165) is 12.0 Å². The van der Waals surface area contributed by atoms with E-state index in [-0.39, 0.29) is 41.6 Å². The van der Waals surface area contributed by atoms with Gasteiger partial charge in [0.05, 0.1) is 25.2 Å². The fourth-order valence-corrected chi connectivity index (χ4v) is 1.93. The maximum absolute atomic E-state index is 11.9. The number of ether oxygens (including phenoxy) is 1. The zero-order chi connectivity index (χ0) is 13.7. The molecule has 20 heavy (non-hydrogen) atoms. The normalized spacial score (nSPS) is 11.5. The molecule has 0 saturated heterocycles. The monoisotopic (exact) mass is 282 g/mol. The first-order valence-corrected chi connectivity index (χ1v) is 6.48. The third kappa shape index (κ3) is 3.95. The predicted octanol–water partition coefficient (Wildman–Crippen LogP) is 2.41. The van der Waals surface area contributed by atoms with E-state index < -0.39 is 0 Å². The van der Waals surface area contributed by atoms with Gasteiger partial charge in [0.15, 0.2) is 0 Å². The van der Waals surface area contributed by atoms with Crippen LogP contribution in [0, 0.1) is 0 Å². The molecule has 1 aromatic heterocycles. The summed E-state index contributed by atoms with van der Waals surface area (Å²) in [5, 5.41) is 0. The Morgan fingerprint density at radius 3 is 2.70 bits per heavy atom. The van der Waals surface area contributed by atoms with Gasteiger partial charge < -0.3 is 9.30 Å². The molecule has 0 radical (unpaired) electrons. The van der Waals surface area contributed by atoms with Gasteiger partial charge in [0.1, 0.15) is 5.69 Å². The van der Waals surface area contributed by atoms with Gasteiger partial charge in [0.2, 0.25) is 0 Å². The van der Waals surface area contributed by atoms with E-state index in [0.29, 0.717) is 12.3 Å². The van der Waals surface area contributed by atoms with Crippen LogP contribution in [0.15, 0.2) is 42.9 Å². The van der Waals surface area contributed by atoms with E-state index in [9.17, 15) is 4.79 Å². The average Bonchev–Trinajstić information content (AvgIpc) is 2.94. The van der Waals surface area contributed by atoms with E-state index in [1.165, 1.54) is 0 Å². The SMILES string of the molecule is CCCOC(=O)c1cncn1C(C)c1ccccc1.[NaH]. The molecular weight excluding hydrogens is 263 g/mol. The summed E-state index contributed by atoms with van der Waals surface area (Å²) in [7, 11) is 0. The zero-order valence-electron chi connectivity index (χ0n) is 11.2. The number of nitrogens with zero attached hydrogens (tertiary/aromatic N) is 2. The number of esters is 1. The van der Waals surface area contributed by atoms with Crippen LogP contribution in [0.25, 0.3) is 0 Å². The van der Waals surface area contributed by atoms with Crippen LogP contribution in [0.4, 0.5) is 0 Å². The van der Waals surface area contributed by atoms with Gasteiger partial charge in [-0.3, -0.25) is 0 Å². The molecule has 1 atom stereocenters. The second-order valence-electron chi connectivity index (χ2n) is 4.41. The summed E-state index contributed by atoms with van der Waals surface area (Å²) in [6, 6.07) is 10.1. The Kier molecular flexibility index (Phi) is 6.99. The van der Waals surface area contributed by atoms with Gasteiger partial charge in [-0.25, -0.2) is 9.78 Å². The number of carbonyl (C=O) groups excluding carboxylic acids is 1. The molecule has 1 heterocycles. The molecule has 0 aliphatic carbocycles. The van der Waals surface area contributed by atoms with Gasteiger partial charge in [-0.1, -0.05) is 37.3 Å². The first-order chi connectivity index (χ1) is 9.24. The molecule has 0 saturated carbocycles. The van der Waals surface area contributed by atoms with Crippen LogP contribution in [-0.4, -0.2) is 51.7 Å². The maximum atomic E-state index is 11.9. The number of hydrogen-bond acceptors (Lipinski definition) is 3. The van der Waals surface area contributed by atoms with E-state index in [1.54, 1.807) is 12.5 Å². The van der Waals surface area contributed by atoms with Crippen LogP contribution >= 0.6 is 0 Å². The molecule has 4 nitrogen and oxygen atoms in total. The van der Waals surface area contributed by atoms with Gasteiger partial charge in [-0.2, -0.15) is 0 Å². The molecule has 0 aliphatic rings. The second kappa shape index (κ2) is 8.25. The fraction of sp³-hybridized carbons (Fsp3) is 0.333. The van der Waals surface area contributed by atoms with Gasteiger partial charge >= 0.3 is 35.5 Å². The quantitative estimate of drug-likeness (QED) is 0.625. The van der Waals surface area contributed by atoms with Crippen molar-refractivity contribution in [1.29, 1.82) is 0 Å². The molecule has 0 amide bonds. The molecule has 0 spiro atoms. The summed E-state index contributed by atoms with van der Waals surface area (Å²) in [5.74, 6) is -0.317. The second-order valence-corrected chi connectivity index (χ2v) is 4.41. The van der Waals surface area contributed by atoms with E-state index in [1.807, 2.05) is 48.7 Å². The van der Waals surface area contributed by atoms with Crippen LogP contribution in [-0.2, 0) is 4.74 Å². The molecule has 102 valence electrons. The molecule has 2 rings (SSSR count). The van der Waals surface area contributed by atoms with Crippen LogP contribution in [0.2, 0.25) is 0 Å². The Labute approximate surface area is 141 Å². The molecule has 0 aliphatic heterocycles. The van der Waals surface area contributed by atoms with Crippen molar-refractivity contribution in [3.8, 4) is 0 Å². The molecule has 1 unspecified atom stereocenters. The van der Waals surface area contributed by atoms with Crippen molar-refractivity contribution in [2.24, 2.45) is 0 Å². The molecule has 1 aromatic carbocycles. The number of aromatic nitrogens is 2. The van der Waals surface area contributed by atoms with E-state index in [2.05, 4.69) is 4.98 Å². The van der Waals surface area contributed by atoms with Crippen molar-refractivity contribution in [2.45, 2.75) is 26.3 Å². The predicted molar refractivity (Wildman–Crippen MR) is 80.2 cm³/mol. The number of hydrogen-bond donors (Lipinski definition) is 0. The first kappa shape index (κ1) is 17.0. The van der Waals surface area contributed by atoms with Crippen LogP contribution in [0.5, 0.6) is 0 Å². The summed E-state index contributed by atoms with van der Waals surface area (Å²) in [6.45, 7) is 4.44. The van der Waals surface area contributed by atoms with E-state index in [4.69, 9.17) is 4.74 Å². The Bertz CT molecular complexity index is 540. The van der Waals surface area contributed by atoms with Crippen LogP contribution in [0.1, 0.15) is 42.4 Å². The molecule has 0 bridgehead atoms. The number of imidazole rings is 1. The Hall–Kier alpha value is -1.10. The topological polar surface area (TPSA) is 44.1 Å². The van der Waals surface area contributed by atoms with Gasteiger partial charge in [0, 0.05) is 0 Å². The zero-order valence-corrected chi connectivity index (χ0v) is 11.2. The molecule has 0 fully saturated rings. The average molecular weight is 282 g/mol. The number of rotatable bonds is 5. The number of benzene rings is 1. The third-order valence-corrected chi connectivity index (χ3v) is 3.01. The van der Waals surface area contributed by atoms with Gasteiger partial charge in [-0.05, 0) is 18.9 Å². The Balaban J connectivity index is 0.00000200. The fourth-order valence-electron chi connectivity index (χ4n) is 1.93. The Morgan fingerprint density at radius 1 is 1.35 bits per heavy atom. The molecule has 2 aromatic rings. The van der Waals surface area contributed by atoms with Crippen molar-refractivity contribution in [3.63, 3.8) is 0 Å². The minimum atomic E-state index is -0.317. The van der Waals surface area contributed by atoms with Crippen molar-refractivity contribution < 1.29 is 9.53 Å². The third-order valence-electron chi connectivity index (χ3n) is 3.01. The first-order valence-electron chi connectivity index (χ1n) is 6.48. The van der Waals surface area contributed by atoms with Crippen molar-refractivity contribution >= 4 is 35.5 Å². The summed E-state index contributed by atoms with van der Waals surface area (Å²) >= 11 is 0. The van der Waals surface area contributed by atoms with Crippen molar-refractivity contribution in [3.05, 3.63) is 54.1 Å². The van der Waals surface area contributed by atoms with Crippen LogP contribution in [0.3, 0.4) is 0 Å². The summed E-state index contributed by atoms with van der Waals surface area (Å²) in [4.78, 5) is 16.0. The summed E-state index contributed by atoms with van der Waals surface area (Å²) < 4.78 is 7.00. The van der Waals surface area contributed by atoms with Crippen LogP contribution < -0.4 is 0 Å². The van der Waals surface area contributed by atoms with Gasteiger partial charge in [0.25, 0.3) is 0 Å². The Morgan fingerprint density at radius 2 is 2.05 bits per heavy atom. The van der Waals surface area contributed by atoms with Crippen molar-refractivity contribution in [2.75, 3.05) is 6.61 Å². The summed E-state index contributed by atoms with van der Waals surface area (Å²) in [6.07, 6.45) is 4.03. The number of carbonyl (C=O) groups is 1. The molecule has 5 heteroatoms. The molecular formula is C15H19N2NaO2. The van der Waals surface area contributed by atoms with E-state index >= 15 is 0 Å². The van der Waals surface area contributed by atoms with Gasteiger partial charge in [-0.15, -0.1) is 0 Å².